The van der Waals surface area contributed by atoms with Crippen molar-refractivity contribution < 1.29 is 13.9 Å². The molecule has 0 bridgehead atoms. The van der Waals surface area contributed by atoms with Crippen LogP contribution in [0.25, 0.3) is 16.9 Å². The van der Waals surface area contributed by atoms with E-state index in [1.54, 1.807) is 4.57 Å². The number of fused-ring (bicyclic) bond motifs is 1. The molecule has 0 aliphatic heterocycles. The van der Waals surface area contributed by atoms with Crippen LogP contribution in [0, 0.1) is 6.92 Å². The number of oxazole rings is 1. The SMILES string of the molecule is COC(=O)c1coc(Cn2cnc3c2c(=O)n(C2CC2)c(=O)n3-c2cccc(C)c2)n1. The monoisotopic (exact) mass is 421 g/mol. The number of ether oxygens (including phenoxy) is 1. The molecular weight excluding hydrogens is 402 g/mol. The van der Waals surface area contributed by atoms with Crippen molar-refractivity contribution in [1.29, 1.82) is 0 Å². The van der Waals surface area contributed by atoms with Gasteiger partial charge in [0.25, 0.3) is 5.56 Å². The number of imidazole rings is 1. The fourth-order valence-electron chi connectivity index (χ4n) is 3.66. The number of methoxy groups -OCH3 is 1. The topological polar surface area (TPSA) is 114 Å². The van der Waals surface area contributed by atoms with Gasteiger partial charge in [0, 0.05) is 6.04 Å². The highest BCUT2D eigenvalue weighted by Crippen LogP contribution is 2.32. The summed E-state index contributed by atoms with van der Waals surface area (Å²) in [7, 11) is 1.25. The van der Waals surface area contributed by atoms with Crippen LogP contribution in [0.15, 0.2) is 50.9 Å². The Kier molecular flexibility index (Phi) is 4.35. The maximum Gasteiger partial charge on any atom is 0.360 e. The van der Waals surface area contributed by atoms with E-state index >= 15 is 0 Å². The third kappa shape index (κ3) is 3.16. The molecule has 0 radical (unpaired) electrons. The van der Waals surface area contributed by atoms with Crippen LogP contribution in [0.2, 0.25) is 0 Å². The Morgan fingerprint density at radius 2 is 2.10 bits per heavy atom. The lowest BCUT2D eigenvalue weighted by Gasteiger charge is -2.12. The second kappa shape index (κ2) is 7.08. The van der Waals surface area contributed by atoms with Crippen molar-refractivity contribution in [3.05, 3.63) is 74.8 Å². The van der Waals surface area contributed by atoms with Crippen LogP contribution >= 0.6 is 0 Å². The van der Waals surface area contributed by atoms with Crippen molar-refractivity contribution >= 4 is 17.1 Å². The van der Waals surface area contributed by atoms with E-state index in [4.69, 9.17) is 4.42 Å². The minimum Gasteiger partial charge on any atom is -0.464 e. The van der Waals surface area contributed by atoms with Crippen LogP contribution in [0.3, 0.4) is 0 Å². The Morgan fingerprint density at radius 1 is 1.29 bits per heavy atom. The molecule has 0 spiro atoms. The van der Waals surface area contributed by atoms with Crippen LogP contribution in [0.1, 0.15) is 40.8 Å². The average molecular weight is 421 g/mol. The number of carbonyl (C=O) groups excluding carboxylic acids is 1. The molecule has 0 saturated heterocycles. The van der Waals surface area contributed by atoms with Crippen LogP contribution in [-0.4, -0.2) is 36.7 Å². The molecule has 3 heterocycles. The summed E-state index contributed by atoms with van der Waals surface area (Å²) in [5.74, 6) is -0.403. The molecular formula is C21H19N5O5. The molecule has 5 rings (SSSR count). The number of hydrogen-bond acceptors (Lipinski definition) is 7. The van der Waals surface area contributed by atoms with Crippen molar-refractivity contribution in [2.24, 2.45) is 0 Å². The number of aromatic nitrogens is 5. The molecule has 0 amide bonds. The summed E-state index contributed by atoms with van der Waals surface area (Å²) in [6, 6.07) is 7.36. The van der Waals surface area contributed by atoms with Crippen LogP contribution < -0.4 is 11.2 Å². The second-order valence-electron chi connectivity index (χ2n) is 7.53. The van der Waals surface area contributed by atoms with Crippen LogP contribution in [-0.2, 0) is 11.3 Å². The first kappa shape index (κ1) is 19.0. The number of rotatable bonds is 5. The van der Waals surface area contributed by atoms with E-state index in [0.29, 0.717) is 5.69 Å². The molecule has 1 aliphatic carbocycles. The largest absolute Gasteiger partial charge is 0.464 e. The summed E-state index contributed by atoms with van der Waals surface area (Å²) < 4.78 is 14.3. The molecule has 3 aromatic heterocycles. The van der Waals surface area contributed by atoms with Crippen molar-refractivity contribution in [3.63, 3.8) is 0 Å². The predicted molar refractivity (Wildman–Crippen MR) is 110 cm³/mol. The number of carbonyl (C=O) groups is 1. The first-order valence-electron chi connectivity index (χ1n) is 9.80. The van der Waals surface area contributed by atoms with E-state index in [9.17, 15) is 14.4 Å². The van der Waals surface area contributed by atoms with E-state index in [2.05, 4.69) is 14.7 Å². The smallest absolute Gasteiger partial charge is 0.360 e. The molecule has 0 N–H and O–H groups in total. The lowest BCUT2D eigenvalue weighted by molar-refractivity contribution is 0.0594. The fourth-order valence-corrected chi connectivity index (χ4v) is 3.66. The number of esters is 1. The molecule has 158 valence electrons. The Bertz CT molecular complexity index is 1440. The summed E-state index contributed by atoms with van der Waals surface area (Å²) in [6.45, 7) is 2.00. The highest BCUT2D eigenvalue weighted by Gasteiger charge is 2.30. The van der Waals surface area contributed by atoms with Gasteiger partial charge < -0.3 is 13.7 Å². The zero-order valence-corrected chi connectivity index (χ0v) is 16.9. The summed E-state index contributed by atoms with van der Waals surface area (Å²) >= 11 is 0. The van der Waals surface area contributed by atoms with Gasteiger partial charge in [-0.3, -0.25) is 9.36 Å². The van der Waals surface area contributed by atoms with Gasteiger partial charge in [-0.15, -0.1) is 0 Å². The summed E-state index contributed by atoms with van der Waals surface area (Å²) in [4.78, 5) is 46.7. The van der Waals surface area contributed by atoms with Crippen molar-refractivity contribution in [3.8, 4) is 5.69 Å². The maximum absolute atomic E-state index is 13.3. The Labute approximate surface area is 175 Å². The van der Waals surface area contributed by atoms with E-state index in [1.807, 2.05) is 31.2 Å². The minimum absolute atomic E-state index is 0.0361. The Morgan fingerprint density at radius 3 is 2.81 bits per heavy atom. The lowest BCUT2D eigenvalue weighted by atomic mass is 10.2. The number of benzene rings is 1. The van der Waals surface area contributed by atoms with Gasteiger partial charge in [0.05, 0.1) is 19.1 Å². The molecule has 1 fully saturated rings. The standard InChI is InChI=1S/C21H19N5O5/c1-12-4-3-5-14(8-12)25-18-17(19(27)26(21(25)29)13-6-7-13)24(11-22-18)9-16-23-15(10-31-16)20(28)30-2/h3-5,8,10-11,13H,6-7,9H2,1-2H3. The quantitative estimate of drug-likeness (QED) is 0.452. The number of aryl methyl sites for hydroxylation is 1. The number of hydrogen-bond donors (Lipinski definition) is 0. The molecule has 10 nitrogen and oxygen atoms in total. The van der Waals surface area contributed by atoms with E-state index in [1.165, 1.54) is 28.8 Å². The summed E-state index contributed by atoms with van der Waals surface area (Å²) in [5.41, 5.74) is 1.38. The summed E-state index contributed by atoms with van der Waals surface area (Å²) in [6.07, 6.45) is 4.23. The fraction of sp³-hybridized carbons (Fsp3) is 0.286. The van der Waals surface area contributed by atoms with Gasteiger partial charge in [-0.2, -0.15) is 0 Å². The van der Waals surface area contributed by atoms with Gasteiger partial charge in [-0.05, 0) is 37.5 Å². The van der Waals surface area contributed by atoms with Gasteiger partial charge in [-0.1, -0.05) is 12.1 Å². The third-order valence-corrected chi connectivity index (χ3v) is 5.27. The molecule has 0 unspecified atom stereocenters. The molecule has 31 heavy (non-hydrogen) atoms. The second-order valence-corrected chi connectivity index (χ2v) is 7.53. The van der Waals surface area contributed by atoms with Gasteiger partial charge in [0.2, 0.25) is 5.89 Å². The van der Waals surface area contributed by atoms with E-state index in [0.717, 1.165) is 18.4 Å². The van der Waals surface area contributed by atoms with Gasteiger partial charge in [0.1, 0.15) is 12.8 Å². The van der Waals surface area contributed by atoms with Crippen LogP contribution in [0.5, 0.6) is 0 Å². The highest BCUT2D eigenvalue weighted by atomic mass is 16.5. The molecule has 4 aromatic rings. The van der Waals surface area contributed by atoms with Gasteiger partial charge in [-0.25, -0.2) is 24.1 Å². The average Bonchev–Trinajstić information content (AvgIpc) is 3.32. The maximum atomic E-state index is 13.3. The lowest BCUT2D eigenvalue weighted by Crippen LogP contribution is -2.39. The van der Waals surface area contributed by atoms with Crippen LogP contribution in [0.4, 0.5) is 0 Å². The highest BCUT2D eigenvalue weighted by molar-refractivity contribution is 5.86. The van der Waals surface area contributed by atoms with Crippen molar-refractivity contribution in [1.82, 2.24) is 23.7 Å². The molecule has 1 saturated carbocycles. The molecule has 0 atom stereocenters. The minimum atomic E-state index is -0.616. The van der Waals surface area contributed by atoms with E-state index in [-0.39, 0.29) is 35.3 Å². The van der Waals surface area contributed by atoms with Gasteiger partial charge >= 0.3 is 11.7 Å². The molecule has 1 aliphatic rings. The van der Waals surface area contributed by atoms with Crippen molar-refractivity contribution in [2.45, 2.75) is 32.4 Å². The third-order valence-electron chi connectivity index (χ3n) is 5.27. The first-order chi connectivity index (χ1) is 15.0. The predicted octanol–water partition coefficient (Wildman–Crippen LogP) is 1.82. The zero-order valence-electron chi connectivity index (χ0n) is 16.9. The molecule has 10 heteroatoms. The Balaban J connectivity index is 1.70. The normalized spacial score (nSPS) is 13.6. The summed E-state index contributed by atoms with van der Waals surface area (Å²) in [5, 5.41) is 0. The van der Waals surface area contributed by atoms with Gasteiger partial charge in [0.15, 0.2) is 16.9 Å². The number of nitrogens with zero attached hydrogens (tertiary/aromatic N) is 5. The zero-order chi connectivity index (χ0) is 21.7. The molecule has 1 aromatic carbocycles. The van der Waals surface area contributed by atoms with Crippen molar-refractivity contribution in [2.75, 3.05) is 7.11 Å². The van der Waals surface area contributed by atoms with E-state index < -0.39 is 17.2 Å². The Hall–Kier alpha value is -3.95. The first-order valence-corrected chi connectivity index (χ1v) is 9.80.